The van der Waals surface area contributed by atoms with Gasteiger partial charge in [-0.3, -0.25) is 4.79 Å². The Kier molecular flexibility index (Phi) is 4.48. The summed E-state index contributed by atoms with van der Waals surface area (Å²) in [5.74, 6) is 2.41. The largest absolute Gasteiger partial charge is 0.396 e. The van der Waals surface area contributed by atoms with Gasteiger partial charge in [-0.15, -0.1) is 6.42 Å². The Bertz CT molecular complexity index is 230. The average Bonchev–Trinajstić information content (AvgIpc) is 2.19. The van der Waals surface area contributed by atoms with Crippen molar-refractivity contribution in [1.82, 2.24) is 4.90 Å². The fraction of sp³-hybridized carbons (Fsp3) is 0.727. The van der Waals surface area contributed by atoms with Gasteiger partial charge in [0.2, 0.25) is 5.91 Å². The number of hydrogen-bond acceptors (Lipinski definition) is 2. The van der Waals surface area contributed by atoms with E-state index in [9.17, 15) is 4.79 Å². The molecule has 0 spiro atoms. The highest BCUT2D eigenvalue weighted by atomic mass is 16.3. The summed E-state index contributed by atoms with van der Waals surface area (Å²) in [5, 5.41) is 8.87. The molecule has 1 amide bonds. The molecule has 1 fully saturated rings. The van der Waals surface area contributed by atoms with Gasteiger partial charge in [-0.05, 0) is 25.7 Å². The molecule has 3 nitrogen and oxygen atoms in total. The molecule has 1 atom stereocenters. The van der Waals surface area contributed by atoms with Crippen molar-refractivity contribution >= 4 is 5.91 Å². The first-order valence-electron chi connectivity index (χ1n) is 5.13. The Morgan fingerprint density at radius 1 is 1.57 bits per heavy atom. The van der Waals surface area contributed by atoms with Crippen LogP contribution in [0.3, 0.4) is 0 Å². The molecule has 1 N–H and O–H groups in total. The van der Waals surface area contributed by atoms with E-state index in [1.807, 2.05) is 4.90 Å². The highest BCUT2D eigenvalue weighted by Gasteiger charge is 2.25. The number of aliphatic hydroxyl groups excluding tert-OH is 1. The van der Waals surface area contributed by atoms with Crippen LogP contribution in [0.25, 0.3) is 0 Å². The normalized spacial score (nSPS) is 21.7. The highest BCUT2D eigenvalue weighted by Crippen LogP contribution is 2.19. The predicted molar refractivity (Wildman–Crippen MR) is 54.5 cm³/mol. The van der Waals surface area contributed by atoms with Gasteiger partial charge < -0.3 is 10.0 Å². The molecule has 0 bridgehead atoms. The molecule has 0 aromatic heterocycles. The number of carbonyl (C=O) groups excluding carboxylic acids is 1. The van der Waals surface area contributed by atoms with Crippen LogP contribution in [0.15, 0.2) is 0 Å². The van der Waals surface area contributed by atoms with E-state index < -0.39 is 0 Å². The van der Waals surface area contributed by atoms with Gasteiger partial charge in [-0.1, -0.05) is 5.92 Å². The van der Waals surface area contributed by atoms with E-state index in [2.05, 4.69) is 5.92 Å². The number of aliphatic hydroxyl groups is 1. The predicted octanol–water partition coefficient (Wildman–Crippen LogP) is 0.773. The molecule has 1 heterocycles. The zero-order valence-corrected chi connectivity index (χ0v) is 8.41. The van der Waals surface area contributed by atoms with Crippen molar-refractivity contribution in [2.45, 2.75) is 38.1 Å². The zero-order chi connectivity index (χ0) is 10.4. The molecule has 1 aliphatic heterocycles. The van der Waals surface area contributed by atoms with Crippen molar-refractivity contribution in [3.8, 4) is 12.3 Å². The fourth-order valence-corrected chi connectivity index (χ4v) is 1.97. The van der Waals surface area contributed by atoms with Gasteiger partial charge in [0.25, 0.3) is 0 Å². The number of hydrogen-bond donors (Lipinski definition) is 1. The van der Waals surface area contributed by atoms with E-state index in [0.29, 0.717) is 6.42 Å². The molecule has 1 rings (SSSR count). The fourth-order valence-electron chi connectivity index (χ4n) is 1.97. The number of carbonyl (C=O) groups is 1. The molecule has 1 unspecified atom stereocenters. The van der Waals surface area contributed by atoms with E-state index in [0.717, 1.165) is 25.8 Å². The lowest BCUT2D eigenvalue weighted by Gasteiger charge is -2.35. The molecule has 0 aliphatic carbocycles. The van der Waals surface area contributed by atoms with Gasteiger partial charge in [0.05, 0.1) is 6.42 Å². The minimum atomic E-state index is 0.0330. The van der Waals surface area contributed by atoms with Gasteiger partial charge in [-0.25, -0.2) is 0 Å². The third kappa shape index (κ3) is 2.74. The van der Waals surface area contributed by atoms with Crippen molar-refractivity contribution in [2.75, 3.05) is 13.2 Å². The van der Waals surface area contributed by atoms with E-state index in [1.54, 1.807) is 0 Å². The summed E-state index contributed by atoms with van der Waals surface area (Å²) < 4.78 is 0. The van der Waals surface area contributed by atoms with Gasteiger partial charge in [-0.2, -0.15) is 0 Å². The molecule has 3 heteroatoms. The topological polar surface area (TPSA) is 40.5 Å². The maximum absolute atomic E-state index is 11.6. The maximum Gasteiger partial charge on any atom is 0.234 e. The summed E-state index contributed by atoms with van der Waals surface area (Å²) >= 11 is 0. The van der Waals surface area contributed by atoms with Crippen LogP contribution in [-0.4, -0.2) is 35.1 Å². The Morgan fingerprint density at radius 2 is 2.36 bits per heavy atom. The zero-order valence-electron chi connectivity index (χ0n) is 8.41. The van der Waals surface area contributed by atoms with Gasteiger partial charge in [0.15, 0.2) is 0 Å². The SMILES string of the molecule is C#CCC(=O)N1CCCCC1CCO. The van der Waals surface area contributed by atoms with E-state index in [4.69, 9.17) is 11.5 Å². The lowest BCUT2D eigenvalue weighted by atomic mass is 9.99. The van der Waals surface area contributed by atoms with Crippen molar-refractivity contribution < 1.29 is 9.90 Å². The van der Waals surface area contributed by atoms with Gasteiger partial charge in [0, 0.05) is 19.2 Å². The van der Waals surface area contributed by atoms with Crippen molar-refractivity contribution in [1.29, 1.82) is 0 Å². The number of nitrogens with zero attached hydrogens (tertiary/aromatic N) is 1. The molecule has 14 heavy (non-hydrogen) atoms. The second kappa shape index (κ2) is 5.66. The minimum Gasteiger partial charge on any atom is -0.396 e. The van der Waals surface area contributed by atoms with Crippen molar-refractivity contribution in [2.24, 2.45) is 0 Å². The number of likely N-dealkylation sites (tertiary alicyclic amines) is 1. The number of amides is 1. The lowest BCUT2D eigenvalue weighted by Crippen LogP contribution is -2.43. The minimum absolute atomic E-state index is 0.0330. The monoisotopic (exact) mass is 195 g/mol. The second-order valence-electron chi connectivity index (χ2n) is 3.63. The quantitative estimate of drug-likeness (QED) is 0.676. The smallest absolute Gasteiger partial charge is 0.234 e. The van der Waals surface area contributed by atoms with Crippen molar-refractivity contribution in [3.05, 3.63) is 0 Å². The standard InChI is InChI=1S/C11H17NO2/c1-2-5-11(14)12-8-4-3-6-10(12)7-9-13/h1,10,13H,3-9H2. The Morgan fingerprint density at radius 3 is 3.00 bits per heavy atom. The third-order valence-electron chi connectivity index (χ3n) is 2.66. The molecule has 1 aliphatic rings. The van der Waals surface area contributed by atoms with Gasteiger partial charge >= 0.3 is 0 Å². The van der Waals surface area contributed by atoms with Crippen LogP contribution in [0.2, 0.25) is 0 Å². The number of terminal acetylenes is 1. The maximum atomic E-state index is 11.6. The van der Waals surface area contributed by atoms with Crippen LogP contribution in [0, 0.1) is 12.3 Å². The van der Waals surface area contributed by atoms with Crippen LogP contribution in [0.4, 0.5) is 0 Å². The van der Waals surface area contributed by atoms with Crippen molar-refractivity contribution in [3.63, 3.8) is 0 Å². The summed E-state index contributed by atoms with van der Waals surface area (Å²) in [7, 11) is 0. The average molecular weight is 195 g/mol. The van der Waals surface area contributed by atoms with E-state index >= 15 is 0 Å². The summed E-state index contributed by atoms with van der Waals surface area (Å²) in [6, 6.07) is 0.203. The molecular weight excluding hydrogens is 178 g/mol. The van der Waals surface area contributed by atoms with E-state index in [1.165, 1.54) is 0 Å². The van der Waals surface area contributed by atoms with Crippen LogP contribution >= 0.6 is 0 Å². The third-order valence-corrected chi connectivity index (χ3v) is 2.66. The molecule has 78 valence electrons. The molecular formula is C11H17NO2. The molecule has 0 radical (unpaired) electrons. The molecule has 1 saturated heterocycles. The Balaban J connectivity index is 2.53. The van der Waals surface area contributed by atoms with Crippen LogP contribution in [0.5, 0.6) is 0 Å². The summed E-state index contributed by atoms with van der Waals surface area (Å²) in [5.41, 5.74) is 0. The first-order valence-corrected chi connectivity index (χ1v) is 5.13. The van der Waals surface area contributed by atoms with Gasteiger partial charge in [0.1, 0.15) is 0 Å². The molecule has 0 saturated carbocycles. The van der Waals surface area contributed by atoms with Crippen LogP contribution in [-0.2, 0) is 4.79 Å². The second-order valence-corrected chi connectivity index (χ2v) is 3.63. The number of rotatable bonds is 3. The summed E-state index contributed by atoms with van der Waals surface area (Å²) in [6.07, 6.45) is 9.16. The molecule has 0 aromatic carbocycles. The Labute approximate surface area is 85.1 Å². The number of piperidine rings is 1. The lowest BCUT2D eigenvalue weighted by molar-refractivity contribution is -0.134. The first kappa shape index (κ1) is 11.1. The Hall–Kier alpha value is -1.01. The molecule has 0 aromatic rings. The highest BCUT2D eigenvalue weighted by molar-refractivity contribution is 5.79. The summed E-state index contributed by atoms with van der Waals surface area (Å²) in [4.78, 5) is 13.4. The van der Waals surface area contributed by atoms with E-state index in [-0.39, 0.29) is 25.0 Å². The van der Waals surface area contributed by atoms with Crippen LogP contribution < -0.4 is 0 Å². The first-order chi connectivity index (χ1) is 6.79. The van der Waals surface area contributed by atoms with Crippen LogP contribution in [0.1, 0.15) is 32.1 Å². The summed E-state index contributed by atoms with van der Waals surface area (Å²) in [6.45, 7) is 0.940.